The maximum Gasteiger partial charge on any atom is 0.0524 e. The molecule has 0 spiro atoms. The van der Waals surface area contributed by atoms with Crippen LogP contribution in [0, 0.1) is 0 Å². The van der Waals surface area contributed by atoms with Crippen LogP contribution in [-0.4, -0.2) is 28.9 Å². The molecule has 0 amide bonds. The highest BCUT2D eigenvalue weighted by molar-refractivity contribution is 5.13. The smallest absolute Gasteiger partial charge is 0.0524 e. The average Bonchev–Trinajstić information content (AvgIpc) is 2.78. The molecule has 4 heteroatoms. The van der Waals surface area contributed by atoms with Crippen molar-refractivity contribution in [1.29, 1.82) is 0 Å². The minimum Gasteiger partial charge on any atom is -0.329 e. The van der Waals surface area contributed by atoms with Gasteiger partial charge in [0.15, 0.2) is 0 Å². The van der Waals surface area contributed by atoms with Gasteiger partial charge < -0.3 is 11.1 Å². The van der Waals surface area contributed by atoms with Crippen molar-refractivity contribution in [2.24, 2.45) is 5.73 Å². The van der Waals surface area contributed by atoms with E-state index in [0.717, 1.165) is 26.1 Å². The first-order valence-electron chi connectivity index (χ1n) is 5.79. The second kappa shape index (κ2) is 4.77. The van der Waals surface area contributed by atoms with Crippen LogP contribution in [0.1, 0.15) is 31.2 Å². The second-order valence-corrected chi connectivity index (χ2v) is 4.24. The second-order valence-electron chi connectivity index (χ2n) is 4.24. The maximum absolute atomic E-state index is 5.69. The highest BCUT2D eigenvalue weighted by Gasteiger charge is 2.22. The number of aryl methyl sites for hydroxylation is 1. The van der Waals surface area contributed by atoms with Gasteiger partial charge in [-0.25, -0.2) is 0 Å². The van der Waals surface area contributed by atoms with Gasteiger partial charge >= 0.3 is 0 Å². The average molecular weight is 208 g/mol. The van der Waals surface area contributed by atoms with E-state index in [4.69, 9.17) is 5.73 Å². The summed E-state index contributed by atoms with van der Waals surface area (Å²) in [6.07, 6.45) is 6.52. The lowest BCUT2D eigenvalue weighted by atomic mass is 9.88. The maximum atomic E-state index is 5.69. The molecular formula is C11H20N4. The number of nitrogens with zero attached hydrogens (tertiary/aromatic N) is 2. The van der Waals surface area contributed by atoms with Crippen LogP contribution in [0.2, 0.25) is 0 Å². The van der Waals surface area contributed by atoms with Crippen molar-refractivity contribution in [2.75, 3.05) is 13.1 Å². The molecule has 1 aromatic heterocycles. The lowest BCUT2D eigenvalue weighted by Crippen LogP contribution is -2.42. The van der Waals surface area contributed by atoms with E-state index in [1.807, 2.05) is 10.9 Å². The summed E-state index contributed by atoms with van der Waals surface area (Å²) < 4.78 is 1.99. The molecule has 2 heterocycles. The van der Waals surface area contributed by atoms with Crippen LogP contribution >= 0.6 is 0 Å². The Morgan fingerprint density at radius 1 is 1.67 bits per heavy atom. The number of piperidine rings is 1. The molecule has 1 aromatic rings. The molecule has 0 aromatic carbocycles. The molecule has 2 atom stereocenters. The van der Waals surface area contributed by atoms with E-state index in [1.54, 1.807) is 0 Å². The van der Waals surface area contributed by atoms with Crippen LogP contribution in [0.5, 0.6) is 0 Å². The molecule has 15 heavy (non-hydrogen) atoms. The van der Waals surface area contributed by atoms with Crippen LogP contribution in [0.25, 0.3) is 0 Å². The number of nitrogens with two attached hydrogens (primary N) is 1. The first-order chi connectivity index (χ1) is 7.33. The molecule has 0 aliphatic carbocycles. The van der Waals surface area contributed by atoms with Gasteiger partial charge in [-0.15, -0.1) is 0 Å². The van der Waals surface area contributed by atoms with E-state index in [2.05, 4.69) is 23.5 Å². The van der Waals surface area contributed by atoms with Gasteiger partial charge in [0.2, 0.25) is 0 Å². The normalized spacial score (nSPS) is 26.8. The summed E-state index contributed by atoms with van der Waals surface area (Å²) in [7, 11) is 0. The SMILES string of the molecule is CCn1cc(C2CCNC(CN)C2)cn1. The zero-order valence-corrected chi connectivity index (χ0v) is 9.32. The number of nitrogens with one attached hydrogen (secondary N) is 1. The molecule has 2 rings (SSSR count). The Morgan fingerprint density at radius 2 is 2.53 bits per heavy atom. The Morgan fingerprint density at radius 3 is 3.20 bits per heavy atom. The van der Waals surface area contributed by atoms with Crippen molar-refractivity contribution in [1.82, 2.24) is 15.1 Å². The van der Waals surface area contributed by atoms with Gasteiger partial charge in [0, 0.05) is 25.3 Å². The summed E-state index contributed by atoms with van der Waals surface area (Å²) in [6.45, 7) is 4.87. The quantitative estimate of drug-likeness (QED) is 0.768. The fourth-order valence-corrected chi connectivity index (χ4v) is 2.25. The van der Waals surface area contributed by atoms with Crippen LogP contribution in [-0.2, 0) is 6.54 Å². The summed E-state index contributed by atoms with van der Waals surface area (Å²) >= 11 is 0. The van der Waals surface area contributed by atoms with Crippen molar-refractivity contribution >= 4 is 0 Å². The lowest BCUT2D eigenvalue weighted by Gasteiger charge is -2.28. The minimum absolute atomic E-state index is 0.480. The largest absolute Gasteiger partial charge is 0.329 e. The third-order valence-electron chi connectivity index (χ3n) is 3.23. The summed E-state index contributed by atoms with van der Waals surface area (Å²) in [6, 6.07) is 0.480. The van der Waals surface area contributed by atoms with Gasteiger partial charge in [0.1, 0.15) is 0 Å². The van der Waals surface area contributed by atoms with Crippen molar-refractivity contribution in [3.8, 4) is 0 Å². The third-order valence-corrected chi connectivity index (χ3v) is 3.23. The van der Waals surface area contributed by atoms with Gasteiger partial charge in [0.05, 0.1) is 6.20 Å². The van der Waals surface area contributed by atoms with Crippen LogP contribution < -0.4 is 11.1 Å². The molecule has 0 radical (unpaired) electrons. The summed E-state index contributed by atoms with van der Waals surface area (Å²) in [4.78, 5) is 0. The molecule has 2 unspecified atom stereocenters. The van der Waals surface area contributed by atoms with Gasteiger partial charge in [-0.1, -0.05) is 0 Å². The van der Waals surface area contributed by atoms with Gasteiger partial charge in [0.25, 0.3) is 0 Å². The molecule has 4 nitrogen and oxygen atoms in total. The van der Waals surface area contributed by atoms with Gasteiger partial charge in [-0.2, -0.15) is 5.10 Å². The van der Waals surface area contributed by atoms with E-state index in [-0.39, 0.29) is 0 Å². The van der Waals surface area contributed by atoms with E-state index in [9.17, 15) is 0 Å². The van der Waals surface area contributed by atoms with E-state index < -0.39 is 0 Å². The molecule has 1 aliphatic rings. The molecule has 1 fully saturated rings. The Bertz CT molecular complexity index is 307. The number of hydrogen-bond donors (Lipinski definition) is 2. The topological polar surface area (TPSA) is 55.9 Å². The standard InChI is InChI=1S/C11H20N4/c1-2-15-8-10(7-14-15)9-3-4-13-11(5-9)6-12/h7-9,11,13H,2-6,12H2,1H3. The van der Waals surface area contributed by atoms with Gasteiger partial charge in [-0.3, -0.25) is 4.68 Å². The minimum atomic E-state index is 0.480. The molecule has 0 bridgehead atoms. The molecular weight excluding hydrogens is 188 g/mol. The fourth-order valence-electron chi connectivity index (χ4n) is 2.25. The van der Waals surface area contributed by atoms with E-state index in [0.29, 0.717) is 12.0 Å². The van der Waals surface area contributed by atoms with Crippen molar-refractivity contribution in [2.45, 2.75) is 38.3 Å². The zero-order valence-electron chi connectivity index (χ0n) is 9.32. The first kappa shape index (κ1) is 10.6. The molecule has 0 saturated carbocycles. The highest BCUT2D eigenvalue weighted by atomic mass is 15.3. The van der Waals surface area contributed by atoms with Crippen LogP contribution in [0.3, 0.4) is 0 Å². The van der Waals surface area contributed by atoms with Gasteiger partial charge in [-0.05, 0) is 37.8 Å². The predicted molar refractivity (Wildman–Crippen MR) is 60.7 cm³/mol. The molecule has 1 aliphatic heterocycles. The first-order valence-corrected chi connectivity index (χ1v) is 5.79. The van der Waals surface area contributed by atoms with Crippen molar-refractivity contribution in [3.05, 3.63) is 18.0 Å². The van der Waals surface area contributed by atoms with E-state index >= 15 is 0 Å². The number of aromatic nitrogens is 2. The molecule has 1 saturated heterocycles. The summed E-state index contributed by atoms with van der Waals surface area (Å²) in [5, 5.41) is 7.76. The predicted octanol–water partition coefficient (Wildman–Crippen LogP) is 0.697. The molecule has 3 N–H and O–H groups in total. The molecule has 84 valence electrons. The summed E-state index contributed by atoms with van der Waals surface area (Å²) in [5.41, 5.74) is 7.06. The van der Waals surface area contributed by atoms with Crippen molar-refractivity contribution in [3.63, 3.8) is 0 Å². The Labute approximate surface area is 90.8 Å². The third kappa shape index (κ3) is 2.38. The fraction of sp³-hybridized carbons (Fsp3) is 0.727. The Hall–Kier alpha value is -0.870. The van der Waals surface area contributed by atoms with E-state index in [1.165, 1.54) is 12.0 Å². The van der Waals surface area contributed by atoms with Crippen LogP contribution in [0.15, 0.2) is 12.4 Å². The number of hydrogen-bond acceptors (Lipinski definition) is 3. The monoisotopic (exact) mass is 208 g/mol. The lowest BCUT2D eigenvalue weighted by molar-refractivity contribution is 0.367. The highest BCUT2D eigenvalue weighted by Crippen LogP contribution is 2.26. The van der Waals surface area contributed by atoms with Crippen LogP contribution in [0.4, 0.5) is 0 Å². The van der Waals surface area contributed by atoms with Crippen molar-refractivity contribution < 1.29 is 0 Å². The number of rotatable bonds is 3. The Kier molecular flexibility index (Phi) is 3.38. The Balaban J connectivity index is 2.03. The summed E-state index contributed by atoms with van der Waals surface area (Å²) in [5.74, 6) is 0.639. The zero-order chi connectivity index (χ0) is 10.7.